The summed E-state index contributed by atoms with van der Waals surface area (Å²) < 4.78 is 26.8. The highest BCUT2D eigenvalue weighted by Gasteiger charge is 2.34. The largest absolute Gasteiger partial charge is 0.493 e. The second-order valence-electron chi connectivity index (χ2n) is 6.88. The summed E-state index contributed by atoms with van der Waals surface area (Å²) in [4.78, 5) is 2.42. The number of nitrogens with zero attached hydrogens (tertiary/aromatic N) is 1. The number of fused-ring (bicyclic) bond motifs is 1. The number of benzene rings is 1. The summed E-state index contributed by atoms with van der Waals surface area (Å²) in [5.41, 5.74) is 0. The minimum absolute atomic E-state index is 0.568. The van der Waals surface area contributed by atoms with Gasteiger partial charge >= 0.3 is 8.60 Å². The molecule has 0 saturated carbocycles. The van der Waals surface area contributed by atoms with Gasteiger partial charge in [0, 0.05) is 12.5 Å². The van der Waals surface area contributed by atoms with Crippen molar-refractivity contribution >= 4 is 8.60 Å². The van der Waals surface area contributed by atoms with E-state index in [0.29, 0.717) is 6.04 Å². The van der Waals surface area contributed by atoms with Crippen molar-refractivity contribution in [3.63, 3.8) is 0 Å². The molecule has 27 heavy (non-hydrogen) atoms. The molecule has 2 aliphatic heterocycles. The van der Waals surface area contributed by atoms with Crippen molar-refractivity contribution in [2.75, 3.05) is 41.0 Å². The molecule has 4 rings (SSSR count). The summed E-state index contributed by atoms with van der Waals surface area (Å²) >= 11 is 0. The maximum atomic E-state index is 5.84. The molecule has 1 aromatic rings. The van der Waals surface area contributed by atoms with Gasteiger partial charge in [0.1, 0.15) is 5.76 Å². The molecular weight excluding hydrogens is 365 g/mol. The molecule has 1 aromatic carbocycles. The molecule has 7 heteroatoms. The van der Waals surface area contributed by atoms with E-state index in [9.17, 15) is 0 Å². The molecule has 6 nitrogen and oxygen atoms in total. The van der Waals surface area contributed by atoms with Crippen molar-refractivity contribution in [1.29, 1.82) is 0 Å². The van der Waals surface area contributed by atoms with Crippen LogP contribution in [0.4, 0.5) is 0 Å². The number of hydrogen-bond acceptors (Lipinski definition) is 6. The van der Waals surface area contributed by atoms with E-state index in [1.54, 1.807) is 14.2 Å². The molecule has 0 bridgehead atoms. The minimum Gasteiger partial charge on any atom is -0.493 e. The van der Waals surface area contributed by atoms with Gasteiger partial charge in [0.05, 0.1) is 27.4 Å². The number of rotatable bonds is 4. The first-order chi connectivity index (χ1) is 13.2. The fourth-order valence-corrected chi connectivity index (χ4v) is 4.70. The third-order valence-electron chi connectivity index (χ3n) is 5.13. The Kier molecular flexibility index (Phi) is 7.77. The normalized spacial score (nSPS) is 25.7. The molecule has 0 radical (unpaired) electrons. The minimum atomic E-state index is -1.11. The molecule has 0 spiro atoms. The Bertz CT molecular complexity index is 597. The molecule has 1 aliphatic carbocycles. The van der Waals surface area contributed by atoms with E-state index in [1.807, 2.05) is 24.3 Å². The van der Waals surface area contributed by atoms with Crippen LogP contribution in [0.2, 0.25) is 0 Å². The van der Waals surface area contributed by atoms with Crippen LogP contribution in [0.25, 0.3) is 0 Å². The van der Waals surface area contributed by atoms with Crippen molar-refractivity contribution in [3.8, 4) is 11.5 Å². The Labute approximate surface area is 163 Å². The fraction of sp³-hybridized carbons (Fsp3) is 0.600. The molecule has 150 valence electrons. The number of para-hydroxylation sites is 2. The number of hydrogen-bond donors (Lipinski definition) is 0. The van der Waals surface area contributed by atoms with Crippen molar-refractivity contribution in [1.82, 2.24) is 4.90 Å². The molecule has 2 atom stereocenters. The summed E-state index contributed by atoms with van der Waals surface area (Å²) in [7, 11) is 4.33. The first kappa shape index (κ1) is 20.4. The van der Waals surface area contributed by atoms with Gasteiger partial charge in [-0.2, -0.15) is 0 Å². The van der Waals surface area contributed by atoms with Crippen molar-refractivity contribution in [3.05, 3.63) is 36.1 Å². The van der Waals surface area contributed by atoms with E-state index in [4.69, 9.17) is 23.0 Å². The molecule has 3 aliphatic rings. The second kappa shape index (κ2) is 10.3. The van der Waals surface area contributed by atoms with Crippen LogP contribution < -0.4 is 9.47 Å². The lowest BCUT2D eigenvalue weighted by Crippen LogP contribution is -2.30. The van der Waals surface area contributed by atoms with Crippen molar-refractivity contribution in [2.24, 2.45) is 5.92 Å². The van der Waals surface area contributed by atoms with E-state index < -0.39 is 8.60 Å². The summed E-state index contributed by atoms with van der Waals surface area (Å²) in [6, 6.07) is 8.10. The molecular formula is C20H30NO5P. The van der Waals surface area contributed by atoms with Crippen LogP contribution in [-0.2, 0) is 13.6 Å². The second-order valence-corrected chi connectivity index (χ2v) is 8.03. The van der Waals surface area contributed by atoms with E-state index in [2.05, 4.69) is 18.0 Å². The summed E-state index contributed by atoms with van der Waals surface area (Å²) in [6.45, 7) is 2.75. The lowest BCUT2D eigenvalue weighted by Gasteiger charge is -2.29. The molecule has 0 amide bonds. The van der Waals surface area contributed by atoms with Gasteiger partial charge in [-0.1, -0.05) is 12.1 Å². The number of allylic oxidation sites excluding steroid dienone is 1. The highest BCUT2D eigenvalue weighted by atomic mass is 31.2. The van der Waals surface area contributed by atoms with Crippen LogP contribution in [0.5, 0.6) is 11.5 Å². The van der Waals surface area contributed by atoms with Gasteiger partial charge in [-0.15, -0.1) is 0 Å². The van der Waals surface area contributed by atoms with Gasteiger partial charge in [0.25, 0.3) is 0 Å². The predicted molar refractivity (Wildman–Crippen MR) is 106 cm³/mol. The Balaban J connectivity index is 0.000000180. The molecule has 0 N–H and O–H groups in total. The van der Waals surface area contributed by atoms with E-state index in [1.165, 1.54) is 19.4 Å². The van der Waals surface area contributed by atoms with Gasteiger partial charge < -0.3 is 23.0 Å². The highest BCUT2D eigenvalue weighted by molar-refractivity contribution is 7.41. The summed E-state index contributed by atoms with van der Waals surface area (Å²) in [5, 5.41) is 0. The lowest BCUT2D eigenvalue weighted by molar-refractivity contribution is 0.127. The topological polar surface area (TPSA) is 49.4 Å². The average molecular weight is 395 g/mol. The summed E-state index contributed by atoms with van der Waals surface area (Å²) in [6.07, 6.45) is 6.87. The van der Waals surface area contributed by atoms with Crippen LogP contribution in [0, 0.1) is 5.92 Å². The molecule has 2 fully saturated rings. The fourth-order valence-electron chi connectivity index (χ4n) is 3.62. The number of likely N-dealkylation sites (tertiary alicyclic amines) is 1. The number of ether oxygens (including phenoxy) is 2. The first-order valence-corrected chi connectivity index (χ1v) is 10.6. The van der Waals surface area contributed by atoms with E-state index >= 15 is 0 Å². The van der Waals surface area contributed by atoms with Gasteiger partial charge in [-0.05, 0) is 57.0 Å². The van der Waals surface area contributed by atoms with Crippen molar-refractivity contribution < 1.29 is 23.0 Å². The monoisotopic (exact) mass is 395 g/mol. The summed E-state index contributed by atoms with van der Waals surface area (Å²) in [5.74, 6) is 3.44. The van der Waals surface area contributed by atoms with Gasteiger partial charge in [0.2, 0.25) is 0 Å². The van der Waals surface area contributed by atoms with Crippen LogP contribution in [0.1, 0.15) is 25.7 Å². The third-order valence-corrected chi connectivity index (χ3v) is 6.30. The zero-order chi connectivity index (χ0) is 19.1. The van der Waals surface area contributed by atoms with Crippen molar-refractivity contribution in [2.45, 2.75) is 31.7 Å². The molecule has 2 unspecified atom stereocenters. The van der Waals surface area contributed by atoms with E-state index in [-0.39, 0.29) is 0 Å². The smallest absolute Gasteiger partial charge is 0.396 e. The van der Waals surface area contributed by atoms with Crippen LogP contribution in [-0.4, -0.2) is 52.0 Å². The Morgan fingerprint density at radius 3 is 2.33 bits per heavy atom. The van der Waals surface area contributed by atoms with E-state index in [0.717, 1.165) is 49.2 Å². The number of likely N-dealkylation sites (N-methyl/N-ethyl adjacent to an activating group) is 1. The van der Waals surface area contributed by atoms with Crippen LogP contribution in [0.3, 0.4) is 0 Å². The number of methoxy groups -OCH3 is 2. The maximum Gasteiger partial charge on any atom is 0.396 e. The zero-order valence-corrected chi connectivity index (χ0v) is 17.3. The maximum absolute atomic E-state index is 5.84. The molecule has 0 aromatic heterocycles. The average Bonchev–Trinajstić information content (AvgIpc) is 3.09. The SMILES string of the molecule is CN1CCC2CCC(OP3OCCCO3)=CC21.COc1ccccc1OC. The Morgan fingerprint density at radius 1 is 1.04 bits per heavy atom. The third kappa shape index (κ3) is 5.58. The van der Waals surface area contributed by atoms with Gasteiger partial charge in [-0.25, -0.2) is 0 Å². The van der Waals surface area contributed by atoms with Gasteiger partial charge in [0.15, 0.2) is 11.5 Å². The first-order valence-electron chi connectivity index (χ1n) is 9.53. The standard InChI is InChI=1S/C12H20NO3P.C8H10O2/c1-13-6-5-10-3-4-11(9-12(10)13)16-17-14-7-2-8-15-17;1-9-7-5-3-4-6-8(7)10-2/h9-10,12H,2-8H2,1H3;3-6H,1-2H3. The lowest BCUT2D eigenvalue weighted by atomic mass is 9.89. The zero-order valence-electron chi connectivity index (χ0n) is 16.4. The quantitative estimate of drug-likeness (QED) is 0.706. The van der Waals surface area contributed by atoms with Crippen LogP contribution >= 0.6 is 8.60 Å². The predicted octanol–water partition coefficient (Wildman–Crippen LogP) is 4.37. The van der Waals surface area contributed by atoms with Crippen LogP contribution in [0.15, 0.2) is 36.1 Å². The Hall–Kier alpha value is -1.33. The molecule has 2 saturated heterocycles. The van der Waals surface area contributed by atoms with Gasteiger partial charge in [-0.3, -0.25) is 4.90 Å². The Morgan fingerprint density at radius 2 is 1.70 bits per heavy atom. The highest BCUT2D eigenvalue weighted by Crippen LogP contribution is 2.47. The molecule has 2 heterocycles.